The smallest absolute Gasteiger partial charge is 0.151 e. The highest BCUT2D eigenvalue weighted by molar-refractivity contribution is 4.85. The Kier molecular flexibility index (Phi) is 7.04. The number of rotatable bonds is 8. The maximum Gasteiger partial charge on any atom is 0.151 e. The van der Waals surface area contributed by atoms with E-state index in [0.29, 0.717) is 13.0 Å². The van der Waals surface area contributed by atoms with Gasteiger partial charge in [0.05, 0.1) is 0 Å². The molecule has 0 saturated carbocycles. The molecule has 0 aromatic heterocycles. The van der Waals surface area contributed by atoms with Gasteiger partial charge in [-0.05, 0) is 33.9 Å². The molecule has 15 heavy (non-hydrogen) atoms. The van der Waals surface area contributed by atoms with E-state index in [0.717, 1.165) is 19.5 Å². The largest absolute Gasteiger partial charge is 0.368 e. The first kappa shape index (κ1) is 14.8. The van der Waals surface area contributed by atoms with Crippen LogP contribution in [0.1, 0.15) is 19.8 Å². The lowest BCUT2D eigenvalue weighted by atomic mass is 9.94. The van der Waals surface area contributed by atoms with Crippen LogP contribution in [-0.2, 0) is 0 Å². The van der Waals surface area contributed by atoms with E-state index in [9.17, 15) is 0 Å². The second-order valence-electron chi connectivity index (χ2n) is 4.38. The molecule has 0 saturated heterocycles. The minimum atomic E-state index is -1.22. The summed E-state index contributed by atoms with van der Waals surface area (Å²) < 4.78 is 0. The molecule has 0 aliphatic rings. The molecular weight excluding hydrogens is 194 g/mol. The lowest BCUT2D eigenvalue weighted by molar-refractivity contribution is -0.0543. The van der Waals surface area contributed by atoms with Crippen molar-refractivity contribution in [2.75, 3.05) is 33.7 Å². The zero-order chi connectivity index (χ0) is 11.9. The van der Waals surface area contributed by atoms with Crippen LogP contribution in [-0.4, -0.2) is 60.7 Å². The van der Waals surface area contributed by atoms with E-state index in [-0.39, 0.29) is 5.54 Å². The number of aliphatic hydroxyl groups is 2. The molecule has 0 aliphatic heterocycles. The first-order chi connectivity index (χ1) is 6.92. The van der Waals surface area contributed by atoms with Crippen molar-refractivity contribution in [2.24, 2.45) is 5.73 Å². The highest BCUT2D eigenvalue weighted by Gasteiger charge is 2.26. The third kappa shape index (κ3) is 6.06. The molecule has 5 nitrogen and oxygen atoms in total. The molecule has 0 fully saturated rings. The molecule has 92 valence electrons. The van der Waals surface area contributed by atoms with Crippen LogP contribution in [0.25, 0.3) is 0 Å². The summed E-state index contributed by atoms with van der Waals surface area (Å²) in [5.74, 6) is 0. The van der Waals surface area contributed by atoms with Crippen molar-refractivity contribution >= 4 is 0 Å². The van der Waals surface area contributed by atoms with Gasteiger partial charge in [0.1, 0.15) is 0 Å². The molecule has 0 spiro atoms. The molecule has 0 heterocycles. The fourth-order valence-corrected chi connectivity index (χ4v) is 1.37. The van der Waals surface area contributed by atoms with Crippen LogP contribution in [0.3, 0.4) is 0 Å². The maximum absolute atomic E-state index is 8.87. The quantitative estimate of drug-likeness (QED) is 0.309. The zero-order valence-electron chi connectivity index (χ0n) is 10.0. The predicted molar refractivity (Wildman–Crippen MR) is 61.5 cm³/mol. The Hall–Kier alpha value is -0.200. The molecule has 0 aromatic rings. The third-order valence-corrected chi connectivity index (χ3v) is 2.85. The molecular formula is C10H25N3O2. The molecule has 1 atom stereocenters. The van der Waals surface area contributed by atoms with Gasteiger partial charge < -0.3 is 26.2 Å². The Morgan fingerprint density at radius 2 is 2.00 bits per heavy atom. The minimum Gasteiger partial charge on any atom is -0.368 e. The molecule has 1 unspecified atom stereocenters. The SMILES string of the molecule is CN(C)C(C)(CCC(O)O)CNCCN. The number of hydrogen-bond acceptors (Lipinski definition) is 5. The number of nitrogens with one attached hydrogen (secondary N) is 1. The van der Waals surface area contributed by atoms with Crippen molar-refractivity contribution in [2.45, 2.75) is 31.6 Å². The first-order valence-corrected chi connectivity index (χ1v) is 5.37. The van der Waals surface area contributed by atoms with Crippen LogP contribution in [0.4, 0.5) is 0 Å². The number of likely N-dealkylation sites (N-methyl/N-ethyl adjacent to an activating group) is 1. The molecule has 0 aromatic carbocycles. The van der Waals surface area contributed by atoms with Crippen LogP contribution >= 0.6 is 0 Å². The van der Waals surface area contributed by atoms with Crippen LogP contribution in [0, 0.1) is 0 Å². The van der Waals surface area contributed by atoms with Crippen LogP contribution < -0.4 is 11.1 Å². The topological polar surface area (TPSA) is 81.8 Å². The van der Waals surface area contributed by atoms with Crippen molar-refractivity contribution in [3.05, 3.63) is 0 Å². The summed E-state index contributed by atoms with van der Waals surface area (Å²) in [5, 5.41) is 21.0. The van der Waals surface area contributed by atoms with Gasteiger partial charge in [0, 0.05) is 25.2 Å². The van der Waals surface area contributed by atoms with Gasteiger partial charge >= 0.3 is 0 Å². The predicted octanol–water partition coefficient (Wildman–Crippen LogP) is -1.05. The van der Waals surface area contributed by atoms with Gasteiger partial charge in [-0.15, -0.1) is 0 Å². The molecule has 0 amide bonds. The fraction of sp³-hybridized carbons (Fsp3) is 1.00. The van der Waals surface area contributed by atoms with E-state index in [1.54, 1.807) is 0 Å². The van der Waals surface area contributed by atoms with Crippen molar-refractivity contribution in [1.29, 1.82) is 0 Å². The Labute approximate surface area is 92.3 Å². The lowest BCUT2D eigenvalue weighted by Crippen LogP contribution is -2.50. The van der Waals surface area contributed by atoms with E-state index in [1.165, 1.54) is 0 Å². The van der Waals surface area contributed by atoms with Crippen molar-refractivity contribution in [3.63, 3.8) is 0 Å². The molecule has 0 aliphatic carbocycles. The van der Waals surface area contributed by atoms with Gasteiger partial charge in [-0.1, -0.05) is 0 Å². The number of nitrogens with two attached hydrogens (primary N) is 1. The summed E-state index contributed by atoms with van der Waals surface area (Å²) in [6, 6.07) is 0. The summed E-state index contributed by atoms with van der Waals surface area (Å²) in [4.78, 5) is 2.10. The van der Waals surface area contributed by atoms with Gasteiger partial charge in [-0.25, -0.2) is 0 Å². The van der Waals surface area contributed by atoms with Gasteiger partial charge in [0.15, 0.2) is 6.29 Å². The summed E-state index contributed by atoms with van der Waals surface area (Å²) in [7, 11) is 3.99. The molecule has 5 N–H and O–H groups in total. The fourth-order valence-electron chi connectivity index (χ4n) is 1.37. The third-order valence-electron chi connectivity index (χ3n) is 2.85. The minimum absolute atomic E-state index is 0.0706. The highest BCUT2D eigenvalue weighted by Crippen LogP contribution is 2.18. The Bertz CT molecular complexity index is 165. The van der Waals surface area contributed by atoms with Gasteiger partial charge in [0.25, 0.3) is 0 Å². The molecule has 0 radical (unpaired) electrons. The molecule has 5 heteroatoms. The van der Waals surface area contributed by atoms with Crippen LogP contribution in [0.5, 0.6) is 0 Å². The Morgan fingerprint density at radius 3 is 2.40 bits per heavy atom. The normalized spacial score (nSPS) is 16.0. The van der Waals surface area contributed by atoms with Gasteiger partial charge in [0.2, 0.25) is 0 Å². The second kappa shape index (κ2) is 7.14. The van der Waals surface area contributed by atoms with Gasteiger partial charge in [-0.2, -0.15) is 0 Å². The first-order valence-electron chi connectivity index (χ1n) is 5.37. The Morgan fingerprint density at radius 1 is 1.40 bits per heavy atom. The Balaban J connectivity index is 4.07. The van der Waals surface area contributed by atoms with E-state index in [1.807, 2.05) is 14.1 Å². The van der Waals surface area contributed by atoms with E-state index in [2.05, 4.69) is 17.1 Å². The van der Waals surface area contributed by atoms with E-state index in [4.69, 9.17) is 15.9 Å². The molecule has 0 bridgehead atoms. The highest BCUT2D eigenvalue weighted by atomic mass is 16.5. The zero-order valence-corrected chi connectivity index (χ0v) is 10.0. The summed E-state index contributed by atoms with van der Waals surface area (Å²) in [5.41, 5.74) is 5.33. The average Bonchev–Trinajstić information content (AvgIpc) is 2.15. The summed E-state index contributed by atoms with van der Waals surface area (Å²) >= 11 is 0. The van der Waals surface area contributed by atoms with Crippen molar-refractivity contribution in [3.8, 4) is 0 Å². The second-order valence-corrected chi connectivity index (χ2v) is 4.38. The van der Waals surface area contributed by atoms with E-state index >= 15 is 0 Å². The number of nitrogens with zero attached hydrogens (tertiary/aromatic N) is 1. The van der Waals surface area contributed by atoms with Crippen LogP contribution in [0.2, 0.25) is 0 Å². The van der Waals surface area contributed by atoms with Gasteiger partial charge in [-0.3, -0.25) is 0 Å². The summed E-state index contributed by atoms with van der Waals surface area (Å²) in [6.45, 7) is 4.29. The number of hydrogen-bond donors (Lipinski definition) is 4. The standard InChI is InChI=1S/C10H25N3O2/c1-10(13(2)3,5-4-9(14)15)8-12-7-6-11/h9,12,14-15H,4-8,11H2,1-3H3. The van der Waals surface area contributed by atoms with Crippen LogP contribution in [0.15, 0.2) is 0 Å². The average molecular weight is 219 g/mol. The van der Waals surface area contributed by atoms with E-state index < -0.39 is 6.29 Å². The summed E-state index contributed by atoms with van der Waals surface area (Å²) in [6.07, 6.45) is -0.104. The lowest BCUT2D eigenvalue weighted by Gasteiger charge is -2.37. The monoisotopic (exact) mass is 219 g/mol. The number of aliphatic hydroxyl groups excluding tert-OH is 1. The van der Waals surface area contributed by atoms with Crippen molar-refractivity contribution < 1.29 is 10.2 Å². The molecule has 0 rings (SSSR count). The van der Waals surface area contributed by atoms with Crippen molar-refractivity contribution in [1.82, 2.24) is 10.2 Å². The maximum atomic E-state index is 8.87.